The van der Waals surface area contributed by atoms with Crippen LogP contribution in [0, 0.1) is 5.92 Å². The first-order valence-electron chi connectivity index (χ1n) is 5.20. The highest BCUT2D eigenvalue weighted by atomic mass is 16.4. The zero-order valence-electron chi connectivity index (χ0n) is 9.43. The lowest BCUT2D eigenvalue weighted by atomic mass is 10.1. The molecule has 0 bridgehead atoms. The molecule has 1 atom stereocenters. The third kappa shape index (κ3) is 3.67. The topological polar surface area (TPSA) is 82.7 Å². The average molecular weight is 227 g/mol. The van der Waals surface area contributed by atoms with Gasteiger partial charge in [0.25, 0.3) is 0 Å². The van der Waals surface area contributed by atoms with Gasteiger partial charge in [-0.2, -0.15) is 0 Å². The van der Waals surface area contributed by atoms with Gasteiger partial charge in [0.1, 0.15) is 12.0 Å². The van der Waals surface area contributed by atoms with E-state index in [1.54, 1.807) is 0 Å². The Bertz CT molecular complexity index is 346. The van der Waals surface area contributed by atoms with Crippen LogP contribution < -0.4 is 5.32 Å². The number of aliphatic hydroxyl groups excluding tert-OH is 1. The minimum absolute atomic E-state index is 0.140. The Hall–Kier alpha value is -1.33. The van der Waals surface area contributed by atoms with Gasteiger partial charge in [0.15, 0.2) is 0 Å². The predicted octanol–water partition coefficient (Wildman–Crippen LogP) is 1.08. The quantitative estimate of drug-likeness (QED) is 0.677. The summed E-state index contributed by atoms with van der Waals surface area (Å²) in [4.78, 5) is 10.6. The first-order chi connectivity index (χ1) is 7.50. The van der Waals surface area contributed by atoms with E-state index in [0.29, 0.717) is 18.8 Å². The molecule has 16 heavy (non-hydrogen) atoms. The number of furan rings is 1. The van der Waals surface area contributed by atoms with Crippen molar-refractivity contribution in [3.8, 4) is 0 Å². The molecular weight excluding hydrogens is 210 g/mol. The number of hydrogen-bond donors (Lipinski definition) is 3. The molecule has 3 N–H and O–H groups in total. The standard InChI is InChI=1S/C11H17NO4/c1-7(2)10(13)5-12-4-9-3-8(6-16-9)11(14)15/h3,6-7,10,12-13H,4-5H2,1-2H3,(H,14,15). The molecule has 0 amide bonds. The van der Waals surface area contributed by atoms with E-state index in [9.17, 15) is 9.90 Å². The second-order valence-corrected chi connectivity index (χ2v) is 4.05. The van der Waals surface area contributed by atoms with Gasteiger partial charge in [0, 0.05) is 6.54 Å². The molecule has 1 aromatic rings. The molecule has 1 unspecified atom stereocenters. The van der Waals surface area contributed by atoms with Gasteiger partial charge >= 0.3 is 5.97 Å². The van der Waals surface area contributed by atoms with Crippen molar-refractivity contribution in [3.05, 3.63) is 23.7 Å². The Balaban J connectivity index is 2.35. The number of hydrogen-bond acceptors (Lipinski definition) is 4. The van der Waals surface area contributed by atoms with E-state index in [2.05, 4.69) is 5.32 Å². The van der Waals surface area contributed by atoms with Crippen molar-refractivity contribution in [3.63, 3.8) is 0 Å². The van der Waals surface area contributed by atoms with Crippen molar-refractivity contribution in [1.82, 2.24) is 5.32 Å². The Morgan fingerprint density at radius 2 is 2.25 bits per heavy atom. The summed E-state index contributed by atoms with van der Waals surface area (Å²) in [6.45, 7) is 4.74. The number of rotatable bonds is 6. The maximum atomic E-state index is 10.6. The van der Waals surface area contributed by atoms with E-state index in [1.165, 1.54) is 12.3 Å². The Labute approximate surface area is 94.1 Å². The molecule has 5 nitrogen and oxygen atoms in total. The van der Waals surface area contributed by atoms with E-state index in [1.807, 2.05) is 13.8 Å². The molecule has 1 aromatic heterocycles. The highest BCUT2D eigenvalue weighted by Crippen LogP contribution is 2.07. The summed E-state index contributed by atoms with van der Waals surface area (Å²) < 4.78 is 5.04. The highest BCUT2D eigenvalue weighted by Gasteiger charge is 2.10. The van der Waals surface area contributed by atoms with E-state index >= 15 is 0 Å². The van der Waals surface area contributed by atoms with Crippen molar-refractivity contribution in [2.75, 3.05) is 6.54 Å². The summed E-state index contributed by atoms with van der Waals surface area (Å²) in [5, 5.41) is 21.2. The zero-order chi connectivity index (χ0) is 12.1. The molecule has 0 fully saturated rings. The van der Waals surface area contributed by atoms with Gasteiger partial charge in [-0.05, 0) is 12.0 Å². The minimum Gasteiger partial charge on any atom is -0.478 e. The van der Waals surface area contributed by atoms with Crippen LogP contribution in [-0.4, -0.2) is 28.8 Å². The van der Waals surface area contributed by atoms with Crippen molar-refractivity contribution in [1.29, 1.82) is 0 Å². The van der Waals surface area contributed by atoms with Gasteiger partial charge in [-0.25, -0.2) is 4.79 Å². The van der Waals surface area contributed by atoms with Crippen molar-refractivity contribution in [2.24, 2.45) is 5.92 Å². The average Bonchev–Trinajstić information content (AvgIpc) is 2.66. The van der Waals surface area contributed by atoms with Crippen molar-refractivity contribution >= 4 is 5.97 Å². The number of carboxylic acids is 1. The number of nitrogens with one attached hydrogen (secondary N) is 1. The summed E-state index contributed by atoms with van der Waals surface area (Å²) in [6, 6.07) is 1.47. The molecule has 90 valence electrons. The lowest BCUT2D eigenvalue weighted by Crippen LogP contribution is -2.30. The summed E-state index contributed by atoms with van der Waals surface area (Å²) in [6.07, 6.45) is 0.798. The van der Waals surface area contributed by atoms with E-state index in [-0.39, 0.29) is 11.5 Å². The summed E-state index contributed by atoms with van der Waals surface area (Å²) in [7, 11) is 0. The third-order valence-corrected chi connectivity index (χ3v) is 2.32. The zero-order valence-corrected chi connectivity index (χ0v) is 9.43. The normalized spacial score (nSPS) is 13.0. The largest absolute Gasteiger partial charge is 0.478 e. The van der Waals surface area contributed by atoms with Crippen LogP contribution in [0.25, 0.3) is 0 Å². The number of aromatic carboxylic acids is 1. The number of carboxylic acid groups (broad SMARTS) is 1. The van der Waals surface area contributed by atoms with Gasteiger partial charge in [0.2, 0.25) is 0 Å². The summed E-state index contributed by atoms with van der Waals surface area (Å²) in [5.74, 6) is -0.260. The van der Waals surface area contributed by atoms with Crippen LogP contribution in [0.15, 0.2) is 16.7 Å². The van der Waals surface area contributed by atoms with E-state index < -0.39 is 12.1 Å². The fourth-order valence-electron chi connectivity index (χ4n) is 1.16. The second kappa shape index (κ2) is 5.67. The van der Waals surface area contributed by atoms with Gasteiger partial charge in [-0.3, -0.25) is 0 Å². The second-order valence-electron chi connectivity index (χ2n) is 4.05. The molecular formula is C11H17NO4. The maximum Gasteiger partial charge on any atom is 0.338 e. The molecule has 0 aliphatic carbocycles. The predicted molar refractivity (Wildman–Crippen MR) is 58.2 cm³/mol. The summed E-state index contributed by atoms with van der Waals surface area (Å²) in [5.41, 5.74) is 0.140. The van der Waals surface area contributed by atoms with Crippen LogP contribution >= 0.6 is 0 Å². The molecule has 0 aromatic carbocycles. The lowest BCUT2D eigenvalue weighted by Gasteiger charge is -2.14. The Morgan fingerprint density at radius 1 is 1.56 bits per heavy atom. The molecule has 1 heterocycles. The molecule has 0 aliphatic heterocycles. The van der Waals surface area contributed by atoms with Crippen LogP contribution in [0.4, 0.5) is 0 Å². The molecule has 0 saturated carbocycles. The smallest absolute Gasteiger partial charge is 0.338 e. The Morgan fingerprint density at radius 3 is 2.75 bits per heavy atom. The lowest BCUT2D eigenvalue weighted by molar-refractivity contribution is 0.0696. The van der Waals surface area contributed by atoms with Crippen molar-refractivity contribution < 1.29 is 19.4 Å². The molecule has 0 aliphatic rings. The fraction of sp³-hybridized carbons (Fsp3) is 0.545. The van der Waals surface area contributed by atoms with E-state index in [0.717, 1.165) is 0 Å². The summed E-state index contributed by atoms with van der Waals surface area (Å²) >= 11 is 0. The van der Waals surface area contributed by atoms with Crippen molar-refractivity contribution in [2.45, 2.75) is 26.5 Å². The SMILES string of the molecule is CC(C)C(O)CNCc1cc(C(=O)O)co1. The monoisotopic (exact) mass is 227 g/mol. The minimum atomic E-state index is -1.00. The molecule has 5 heteroatoms. The first-order valence-corrected chi connectivity index (χ1v) is 5.20. The van der Waals surface area contributed by atoms with Gasteiger partial charge < -0.3 is 19.9 Å². The first kappa shape index (κ1) is 12.7. The number of aliphatic hydroxyl groups is 1. The Kier molecular flexibility index (Phi) is 4.52. The third-order valence-electron chi connectivity index (χ3n) is 2.32. The van der Waals surface area contributed by atoms with E-state index in [4.69, 9.17) is 9.52 Å². The van der Waals surface area contributed by atoms with Gasteiger partial charge in [-0.15, -0.1) is 0 Å². The van der Waals surface area contributed by atoms with Crippen LogP contribution in [-0.2, 0) is 6.54 Å². The highest BCUT2D eigenvalue weighted by molar-refractivity contribution is 5.87. The van der Waals surface area contributed by atoms with Gasteiger partial charge in [-0.1, -0.05) is 13.8 Å². The van der Waals surface area contributed by atoms with Crippen LogP contribution in [0.3, 0.4) is 0 Å². The molecule has 0 radical (unpaired) electrons. The maximum absolute atomic E-state index is 10.6. The fourth-order valence-corrected chi connectivity index (χ4v) is 1.16. The van der Waals surface area contributed by atoms with Crippen LogP contribution in [0.1, 0.15) is 30.0 Å². The van der Waals surface area contributed by atoms with Gasteiger partial charge in [0.05, 0.1) is 18.2 Å². The van der Waals surface area contributed by atoms with Crippen LogP contribution in [0.5, 0.6) is 0 Å². The molecule has 1 rings (SSSR count). The molecule has 0 spiro atoms. The van der Waals surface area contributed by atoms with Crippen LogP contribution in [0.2, 0.25) is 0 Å². The molecule has 0 saturated heterocycles. The number of carbonyl (C=O) groups is 1.